The number of aromatic nitrogens is 1. The van der Waals surface area contributed by atoms with Gasteiger partial charge in [0.2, 0.25) is 0 Å². The molecule has 2 aromatic carbocycles. The van der Waals surface area contributed by atoms with Crippen molar-refractivity contribution < 1.29 is 14.3 Å². The van der Waals surface area contributed by atoms with E-state index < -0.39 is 11.7 Å². The third-order valence-electron chi connectivity index (χ3n) is 5.08. The zero-order valence-electron chi connectivity index (χ0n) is 18.9. The highest BCUT2D eigenvalue weighted by Crippen LogP contribution is 2.40. The average Bonchev–Trinajstić information content (AvgIpc) is 2.70. The van der Waals surface area contributed by atoms with Gasteiger partial charge in [-0.05, 0) is 87.2 Å². The van der Waals surface area contributed by atoms with Crippen molar-refractivity contribution >= 4 is 34.1 Å². The van der Waals surface area contributed by atoms with Crippen LogP contribution < -0.4 is 0 Å². The van der Waals surface area contributed by atoms with Crippen LogP contribution in [-0.4, -0.2) is 22.2 Å². The minimum atomic E-state index is -0.730. The van der Waals surface area contributed by atoms with Crippen LogP contribution in [0.4, 0.5) is 0 Å². The largest absolute Gasteiger partial charge is 0.360 e. The van der Waals surface area contributed by atoms with Gasteiger partial charge in [0, 0.05) is 16.8 Å². The maximum absolute atomic E-state index is 12.7. The summed E-state index contributed by atoms with van der Waals surface area (Å²) in [5, 5.41) is 1.49. The number of hydrogen-bond acceptors (Lipinski definition) is 4. The number of aryl methyl sites for hydroxylation is 1. The summed E-state index contributed by atoms with van der Waals surface area (Å²) in [6.45, 7) is 11.1. The second-order valence-corrected chi connectivity index (χ2v) is 9.19. The highest BCUT2D eigenvalue weighted by molar-refractivity contribution is 6.30. The predicted octanol–water partition coefficient (Wildman–Crippen LogP) is 6.90. The topological polar surface area (TPSA) is 56.3 Å². The number of benzene rings is 2. The number of carbonyl (C=O) groups is 2. The first-order valence-electron chi connectivity index (χ1n) is 10.4. The van der Waals surface area contributed by atoms with Crippen molar-refractivity contribution in [2.45, 2.75) is 59.7 Å². The summed E-state index contributed by atoms with van der Waals surface area (Å²) in [6.07, 6.45) is -0.335. The van der Waals surface area contributed by atoms with Gasteiger partial charge in [-0.2, -0.15) is 0 Å². The summed E-state index contributed by atoms with van der Waals surface area (Å²) in [5.74, 6) is -0.0762. The third kappa shape index (κ3) is 5.03. The maximum atomic E-state index is 12.7. The fraction of sp³-hybridized carbons (Fsp3) is 0.346. The zero-order valence-corrected chi connectivity index (χ0v) is 19.6. The van der Waals surface area contributed by atoms with Gasteiger partial charge in [0.15, 0.2) is 11.6 Å². The minimum absolute atomic E-state index is 0.00523. The van der Waals surface area contributed by atoms with Crippen LogP contribution in [0.25, 0.3) is 22.0 Å². The van der Waals surface area contributed by atoms with E-state index >= 15 is 0 Å². The number of Topliss-reactive ketones (excluding diaryl/α,β-unsaturated/α-hetero) is 2. The molecule has 0 saturated carbocycles. The summed E-state index contributed by atoms with van der Waals surface area (Å²) < 4.78 is 6.23. The Hall–Kier alpha value is -2.56. The number of halogens is 1. The molecule has 5 heteroatoms. The lowest BCUT2D eigenvalue weighted by Gasteiger charge is -2.29. The van der Waals surface area contributed by atoms with E-state index in [-0.39, 0.29) is 11.6 Å². The van der Waals surface area contributed by atoms with Gasteiger partial charge in [0.05, 0.1) is 11.1 Å². The Labute approximate surface area is 188 Å². The van der Waals surface area contributed by atoms with Crippen LogP contribution in [0.2, 0.25) is 5.02 Å². The van der Waals surface area contributed by atoms with Crippen molar-refractivity contribution in [3.63, 3.8) is 0 Å². The number of nitrogens with zero attached hydrogens (tertiary/aromatic N) is 1. The molecular weight excluding hydrogens is 410 g/mol. The van der Waals surface area contributed by atoms with Crippen LogP contribution in [-0.2, 0) is 9.53 Å². The van der Waals surface area contributed by atoms with Crippen molar-refractivity contribution in [1.29, 1.82) is 0 Å². The molecule has 162 valence electrons. The first-order valence-corrected chi connectivity index (χ1v) is 10.8. The van der Waals surface area contributed by atoms with Crippen LogP contribution >= 0.6 is 11.6 Å². The standard InChI is InChI=1S/C26H28ClNO3/c1-7-22(30)20-13-12-19-21(28-20)14-15(2)23(25(16(3)29)31-26(4,5)6)24(19)17-8-10-18(27)11-9-17/h8-14,25H,7H2,1-6H3/t25-/m1/s1. The quantitative estimate of drug-likeness (QED) is 0.393. The fourth-order valence-electron chi connectivity index (χ4n) is 3.72. The maximum Gasteiger partial charge on any atom is 0.180 e. The highest BCUT2D eigenvalue weighted by atomic mass is 35.5. The van der Waals surface area contributed by atoms with E-state index in [1.807, 2.05) is 71.0 Å². The zero-order chi connectivity index (χ0) is 22.9. The Morgan fingerprint density at radius 2 is 1.74 bits per heavy atom. The van der Waals surface area contributed by atoms with Gasteiger partial charge in [0.25, 0.3) is 0 Å². The number of hydrogen-bond donors (Lipinski definition) is 0. The molecule has 3 rings (SSSR count). The molecule has 4 nitrogen and oxygen atoms in total. The summed E-state index contributed by atoms with van der Waals surface area (Å²) in [4.78, 5) is 29.6. The van der Waals surface area contributed by atoms with Gasteiger partial charge in [-0.25, -0.2) is 4.98 Å². The summed E-state index contributed by atoms with van der Waals surface area (Å²) >= 11 is 6.13. The van der Waals surface area contributed by atoms with E-state index in [9.17, 15) is 9.59 Å². The number of pyridine rings is 1. The van der Waals surface area contributed by atoms with Crippen LogP contribution in [0, 0.1) is 6.92 Å². The first kappa shape index (κ1) is 23.1. The smallest absolute Gasteiger partial charge is 0.180 e. The Kier molecular flexibility index (Phi) is 6.63. The molecule has 31 heavy (non-hydrogen) atoms. The van der Waals surface area contributed by atoms with Crippen molar-refractivity contribution in [3.05, 3.63) is 64.3 Å². The number of fused-ring (bicyclic) bond motifs is 1. The molecular formula is C26H28ClNO3. The number of ether oxygens (including phenoxy) is 1. The summed E-state index contributed by atoms with van der Waals surface area (Å²) in [7, 11) is 0. The predicted molar refractivity (Wildman–Crippen MR) is 126 cm³/mol. The van der Waals surface area contributed by atoms with Gasteiger partial charge in [-0.15, -0.1) is 0 Å². The van der Waals surface area contributed by atoms with E-state index in [1.54, 1.807) is 13.0 Å². The molecule has 0 saturated heterocycles. The molecule has 1 heterocycles. The van der Waals surface area contributed by atoms with E-state index in [1.165, 1.54) is 0 Å². The van der Waals surface area contributed by atoms with Crippen LogP contribution in [0.5, 0.6) is 0 Å². The minimum Gasteiger partial charge on any atom is -0.360 e. The van der Waals surface area contributed by atoms with Crippen LogP contribution in [0.1, 0.15) is 68.8 Å². The van der Waals surface area contributed by atoms with E-state index in [0.717, 1.165) is 27.6 Å². The van der Waals surface area contributed by atoms with Gasteiger partial charge in [0.1, 0.15) is 11.8 Å². The van der Waals surface area contributed by atoms with Crippen LogP contribution in [0.15, 0.2) is 42.5 Å². The Morgan fingerprint density at radius 1 is 1.10 bits per heavy atom. The molecule has 0 aliphatic rings. The van der Waals surface area contributed by atoms with Crippen molar-refractivity contribution in [1.82, 2.24) is 4.98 Å². The van der Waals surface area contributed by atoms with Gasteiger partial charge in [-0.3, -0.25) is 9.59 Å². The Balaban J connectivity index is 2.38. The molecule has 3 aromatic rings. The highest BCUT2D eigenvalue weighted by Gasteiger charge is 2.29. The van der Waals surface area contributed by atoms with E-state index in [4.69, 9.17) is 16.3 Å². The number of rotatable bonds is 6. The molecule has 1 aromatic heterocycles. The number of carbonyl (C=O) groups excluding carboxylic acids is 2. The van der Waals surface area contributed by atoms with Crippen molar-refractivity contribution in [2.75, 3.05) is 0 Å². The second-order valence-electron chi connectivity index (χ2n) is 8.75. The van der Waals surface area contributed by atoms with Gasteiger partial charge >= 0.3 is 0 Å². The molecule has 0 aliphatic carbocycles. The second kappa shape index (κ2) is 8.89. The molecule has 0 fully saturated rings. The molecule has 0 aliphatic heterocycles. The molecule has 0 spiro atoms. The van der Waals surface area contributed by atoms with Crippen LogP contribution in [0.3, 0.4) is 0 Å². The lowest BCUT2D eigenvalue weighted by molar-refractivity contribution is -0.138. The normalized spacial score (nSPS) is 12.7. The average molecular weight is 438 g/mol. The Bertz CT molecular complexity index is 1140. The first-order chi connectivity index (χ1) is 14.5. The summed E-state index contributed by atoms with van der Waals surface area (Å²) in [5.41, 5.74) is 4.13. The van der Waals surface area contributed by atoms with Crippen molar-refractivity contribution in [2.24, 2.45) is 0 Å². The van der Waals surface area contributed by atoms with E-state index in [0.29, 0.717) is 22.7 Å². The fourth-order valence-corrected chi connectivity index (χ4v) is 3.85. The molecule has 0 unspecified atom stereocenters. The lowest BCUT2D eigenvalue weighted by Crippen LogP contribution is -2.27. The molecule has 0 bridgehead atoms. The van der Waals surface area contributed by atoms with Crippen molar-refractivity contribution in [3.8, 4) is 11.1 Å². The SMILES string of the molecule is CCC(=O)c1ccc2c(-c3ccc(Cl)cc3)c([C@H](OC(C)(C)C)C(C)=O)c(C)cc2n1. The molecule has 0 radical (unpaired) electrons. The monoisotopic (exact) mass is 437 g/mol. The molecule has 0 N–H and O–H groups in total. The van der Waals surface area contributed by atoms with E-state index in [2.05, 4.69) is 4.98 Å². The molecule has 0 amide bonds. The van der Waals surface area contributed by atoms with Gasteiger partial charge in [-0.1, -0.05) is 30.7 Å². The number of ketones is 2. The Morgan fingerprint density at radius 3 is 2.29 bits per heavy atom. The molecule has 1 atom stereocenters. The summed E-state index contributed by atoms with van der Waals surface area (Å²) in [6, 6.07) is 13.1. The lowest BCUT2D eigenvalue weighted by atomic mass is 9.87. The third-order valence-corrected chi connectivity index (χ3v) is 5.34. The van der Waals surface area contributed by atoms with Gasteiger partial charge < -0.3 is 4.74 Å².